The third-order valence-corrected chi connectivity index (χ3v) is 2.04. The number of benzene rings is 1. The highest BCUT2D eigenvalue weighted by Gasteiger charge is 2.06. The highest BCUT2D eigenvalue weighted by Crippen LogP contribution is 2.16. The van der Waals surface area contributed by atoms with Crippen molar-refractivity contribution in [3.8, 4) is 11.5 Å². The van der Waals surface area contributed by atoms with Gasteiger partial charge in [0, 0.05) is 12.0 Å². The van der Waals surface area contributed by atoms with E-state index >= 15 is 0 Å². The molecule has 0 amide bonds. The van der Waals surface area contributed by atoms with Crippen LogP contribution in [0.3, 0.4) is 0 Å². The van der Waals surface area contributed by atoms with Crippen LogP contribution >= 0.6 is 12.6 Å². The Morgan fingerprint density at radius 1 is 1.14 bits per heavy atom. The van der Waals surface area contributed by atoms with Gasteiger partial charge in [-0.05, 0) is 17.9 Å². The van der Waals surface area contributed by atoms with Crippen LogP contribution in [0.2, 0.25) is 0 Å². The zero-order chi connectivity index (χ0) is 9.80. The van der Waals surface area contributed by atoms with E-state index < -0.39 is 0 Å². The second kappa shape index (κ2) is 4.28. The Kier molecular flexibility index (Phi) is 2.84. The molecule has 0 aliphatic rings. The van der Waals surface area contributed by atoms with E-state index in [0.29, 0.717) is 18.2 Å². The Morgan fingerprint density at radius 2 is 1.93 bits per heavy atom. The maximum atomic E-state index is 5.44. The molecule has 1 heterocycles. The molecule has 1 aromatic heterocycles. The molecule has 0 N–H and O–H groups in total. The van der Waals surface area contributed by atoms with Crippen molar-refractivity contribution < 1.29 is 4.42 Å². The first kappa shape index (κ1) is 9.27. The SMILES string of the molecule is SCCc1nnc(-c2ccccc2)o1. The lowest BCUT2D eigenvalue weighted by atomic mass is 10.2. The minimum absolute atomic E-state index is 0.572. The zero-order valence-electron chi connectivity index (χ0n) is 7.55. The van der Waals surface area contributed by atoms with E-state index in [1.807, 2.05) is 30.3 Å². The Morgan fingerprint density at radius 3 is 2.64 bits per heavy atom. The molecule has 0 unspecified atom stereocenters. The Balaban J connectivity index is 2.25. The van der Waals surface area contributed by atoms with Gasteiger partial charge in [0.25, 0.3) is 0 Å². The lowest BCUT2D eigenvalue weighted by molar-refractivity contribution is 0.514. The van der Waals surface area contributed by atoms with Crippen molar-refractivity contribution in [3.05, 3.63) is 36.2 Å². The number of hydrogen-bond acceptors (Lipinski definition) is 4. The Labute approximate surface area is 87.6 Å². The quantitative estimate of drug-likeness (QED) is 0.782. The number of thiol groups is 1. The van der Waals surface area contributed by atoms with Gasteiger partial charge in [-0.15, -0.1) is 10.2 Å². The molecule has 0 saturated carbocycles. The summed E-state index contributed by atoms with van der Waals surface area (Å²) >= 11 is 4.10. The van der Waals surface area contributed by atoms with Crippen LogP contribution < -0.4 is 0 Å². The largest absolute Gasteiger partial charge is 0.421 e. The van der Waals surface area contributed by atoms with E-state index in [-0.39, 0.29) is 0 Å². The zero-order valence-corrected chi connectivity index (χ0v) is 8.45. The third kappa shape index (κ3) is 1.96. The molecule has 14 heavy (non-hydrogen) atoms. The van der Waals surface area contributed by atoms with E-state index in [4.69, 9.17) is 4.42 Å². The number of aryl methyl sites for hydroxylation is 1. The van der Waals surface area contributed by atoms with Crippen molar-refractivity contribution in [2.75, 3.05) is 5.75 Å². The molecular formula is C10H10N2OS. The van der Waals surface area contributed by atoms with Crippen molar-refractivity contribution in [2.24, 2.45) is 0 Å². The van der Waals surface area contributed by atoms with Gasteiger partial charge in [-0.25, -0.2) is 0 Å². The first-order chi connectivity index (χ1) is 6.90. The van der Waals surface area contributed by atoms with Crippen LogP contribution in [-0.4, -0.2) is 16.0 Å². The number of nitrogens with zero attached hydrogens (tertiary/aromatic N) is 2. The number of rotatable bonds is 3. The molecule has 3 nitrogen and oxygen atoms in total. The molecule has 0 radical (unpaired) electrons. The predicted octanol–water partition coefficient (Wildman–Crippen LogP) is 2.21. The van der Waals surface area contributed by atoms with Gasteiger partial charge in [0.15, 0.2) is 0 Å². The van der Waals surface area contributed by atoms with Gasteiger partial charge in [0.05, 0.1) is 0 Å². The normalized spacial score (nSPS) is 10.4. The van der Waals surface area contributed by atoms with Crippen molar-refractivity contribution >= 4 is 12.6 Å². The first-order valence-electron chi connectivity index (χ1n) is 4.39. The van der Waals surface area contributed by atoms with E-state index in [1.54, 1.807) is 0 Å². The fraction of sp³-hybridized carbons (Fsp3) is 0.200. The summed E-state index contributed by atoms with van der Waals surface area (Å²) in [6.07, 6.45) is 0.711. The molecule has 72 valence electrons. The molecule has 0 atom stereocenters. The predicted molar refractivity (Wildman–Crippen MR) is 57.3 cm³/mol. The summed E-state index contributed by atoms with van der Waals surface area (Å²) in [5.41, 5.74) is 0.949. The lowest BCUT2D eigenvalue weighted by Gasteiger charge is -1.91. The lowest BCUT2D eigenvalue weighted by Crippen LogP contribution is -1.84. The van der Waals surface area contributed by atoms with E-state index in [9.17, 15) is 0 Å². The fourth-order valence-electron chi connectivity index (χ4n) is 1.15. The van der Waals surface area contributed by atoms with Crippen molar-refractivity contribution in [3.63, 3.8) is 0 Å². The average Bonchev–Trinajstić information content (AvgIpc) is 2.68. The van der Waals surface area contributed by atoms with E-state index in [0.717, 1.165) is 11.3 Å². The summed E-state index contributed by atoms with van der Waals surface area (Å²) in [4.78, 5) is 0. The minimum atomic E-state index is 0.572. The first-order valence-corrected chi connectivity index (χ1v) is 5.02. The number of hydrogen-bond donors (Lipinski definition) is 1. The molecule has 2 aromatic rings. The molecule has 0 aliphatic heterocycles. The van der Waals surface area contributed by atoms with Gasteiger partial charge in [-0.1, -0.05) is 18.2 Å². The topological polar surface area (TPSA) is 38.9 Å². The highest BCUT2D eigenvalue weighted by molar-refractivity contribution is 7.80. The smallest absolute Gasteiger partial charge is 0.247 e. The fourth-order valence-corrected chi connectivity index (χ4v) is 1.34. The summed E-state index contributed by atoms with van der Waals surface area (Å²) in [6, 6.07) is 9.72. The monoisotopic (exact) mass is 206 g/mol. The molecule has 0 fully saturated rings. The second-order valence-corrected chi connectivity index (χ2v) is 3.29. The minimum Gasteiger partial charge on any atom is -0.421 e. The van der Waals surface area contributed by atoms with Gasteiger partial charge in [0.2, 0.25) is 11.8 Å². The standard InChI is InChI=1S/C10H10N2OS/c14-7-6-9-11-12-10(13-9)8-4-2-1-3-5-8/h1-5,14H,6-7H2. The van der Waals surface area contributed by atoms with Gasteiger partial charge in [-0.2, -0.15) is 12.6 Å². The molecule has 0 bridgehead atoms. The summed E-state index contributed by atoms with van der Waals surface area (Å²) in [6.45, 7) is 0. The van der Waals surface area contributed by atoms with Crippen LogP contribution in [0.15, 0.2) is 34.7 Å². The second-order valence-electron chi connectivity index (χ2n) is 2.84. The van der Waals surface area contributed by atoms with Crippen molar-refractivity contribution in [1.82, 2.24) is 10.2 Å². The molecule has 4 heteroatoms. The molecule has 0 saturated heterocycles. The molecular weight excluding hydrogens is 196 g/mol. The third-order valence-electron chi connectivity index (χ3n) is 1.81. The van der Waals surface area contributed by atoms with Gasteiger partial charge in [-0.3, -0.25) is 0 Å². The number of aromatic nitrogens is 2. The Hall–Kier alpha value is -1.29. The molecule has 0 aliphatic carbocycles. The summed E-state index contributed by atoms with van der Waals surface area (Å²) in [5.74, 6) is 1.93. The van der Waals surface area contributed by atoms with Crippen LogP contribution in [-0.2, 0) is 6.42 Å². The molecule has 2 rings (SSSR count). The van der Waals surface area contributed by atoms with Crippen LogP contribution in [0.4, 0.5) is 0 Å². The maximum Gasteiger partial charge on any atom is 0.247 e. The summed E-state index contributed by atoms with van der Waals surface area (Å²) < 4.78 is 5.44. The Bertz CT molecular complexity index is 400. The van der Waals surface area contributed by atoms with Gasteiger partial charge < -0.3 is 4.42 Å². The van der Waals surface area contributed by atoms with E-state index in [1.165, 1.54) is 0 Å². The molecule has 1 aromatic carbocycles. The summed E-state index contributed by atoms with van der Waals surface area (Å²) in [7, 11) is 0. The highest BCUT2D eigenvalue weighted by atomic mass is 32.1. The molecule has 0 spiro atoms. The maximum absolute atomic E-state index is 5.44. The van der Waals surface area contributed by atoms with Crippen molar-refractivity contribution in [2.45, 2.75) is 6.42 Å². The van der Waals surface area contributed by atoms with Crippen LogP contribution in [0.5, 0.6) is 0 Å². The van der Waals surface area contributed by atoms with Gasteiger partial charge in [0.1, 0.15) is 0 Å². The van der Waals surface area contributed by atoms with E-state index in [2.05, 4.69) is 22.8 Å². The average molecular weight is 206 g/mol. The van der Waals surface area contributed by atoms with Crippen LogP contribution in [0.1, 0.15) is 5.89 Å². The summed E-state index contributed by atoms with van der Waals surface area (Å²) in [5, 5.41) is 7.87. The van der Waals surface area contributed by atoms with Gasteiger partial charge >= 0.3 is 0 Å². The van der Waals surface area contributed by atoms with Crippen molar-refractivity contribution in [1.29, 1.82) is 0 Å². The van der Waals surface area contributed by atoms with Crippen LogP contribution in [0, 0.1) is 0 Å². The van der Waals surface area contributed by atoms with Crippen LogP contribution in [0.25, 0.3) is 11.5 Å².